The summed E-state index contributed by atoms with van der Waals surface area (Å²) in [5.41, 5.74) is 0.563. The van der Waals surface area contributed by atoms with E-state index >= 15 is 0 Å². The van der Waals surface area contributed by atoms with Gasteiger partial charge in [0.1, 0.15) is 0 Å². The molecule has 0 aliphatic carbocycles. The minimum Gasteiger partial charge on any atom is -0.459 e. The number of thioether (sulfide) groups is 1. The number of hydrogen-bond donors (Lipinski definition) is 1. The number of nitrogens with one attached hydrogen (secondary N) is 1. The molecule has 8 heteroatoms. The average molecular weight is 350 g/mol. The molecule has 23 heavy (non-hydrogen) atoms. The summed E-state index contributed by atoms with van der Waals surface area (Å²) in [4.78, 5) is 12.2. The van der Waals surface area contributed by atoms with Crippen molar-refractivity contribution in [2.45, 2.75) is 17.4 Å². The zero-order chi connectivity index (χ0) is 16.2. The van der Waals surface area contributed by atoms with E-state index in [4.69, 9.17) is 20.4 Å². The Morgan fingerprint density at radius 1 is 1.26 bits per heavy atom. The van der Waals surface area contributed by atoms with Crippen molar-refractivity contribution >= 4 is 35.0 Å². The first-order valence-corrected chi connectivity index (χ1v) is 7.98. The predicted molar refractivity (Wildman–Crippen MR) is 87.4 cm³/mol. The molecule has 0 bridgehead atoms. The molecule has 0 fully saturated rings. The van der Waals surface area contributed by atoms with E-state index in [9.17, 15) is 4.79 Å². The van der Waals surface area contributed by atoms with Crippen LogP contribution in [0, 0.1) is 0 Å². The van der Waals surface area contributed by atoms with E-state index in [1.54, 1.807) is 43.3 Å². The summed E-state index contributed by atoms with van der Waals surface area (Å²) in [5.74, 6) is 0.551. The van der Waals surface area contributed by atoms with Gasteiger partial charge < -0.3 is 14.2 Å². The van der Waals surface area contributed by atoms with Gasteiger partial charge >= 0.3 is 0 Å². The molecule has 0 aliphatic heterocycles. The maximum atomic E-state index is 12.2. The van der Waals surface area contributed by atoms with E-state index in [1.807, 2.05) is 0 Å². The first-order valence-electron chi connectivity index (χ1n) is 6.73. The number of furan rings is 1. The normalized spacial score (nSPS) is 12.1. The summed E-state index contributed by atoms with van der Waals surface area (Å²) in [5, 5.41) is 10.9. The van der Waals surface area contributed by atoms with Crippen molar-refractivity contribution in [1.29, 1.82) is 0 Å². The van der Waals surface area contributed by atoms with Gasteiger partial charge in [-0.05, 0) is 31.2 Å². The molecule has 6 nitrogen and oxygen atoms in total. The Balaban J connectivity index is 1.64. The number of carbonyl (C=O) groups excluding carboxylic acids is 1. The first kappa shape index (κ1) is 15.6. The molecule has 0 saturated carbocycles. The predicted octanol–water partition coefficient (Wildman–Crippen LogP) is 4.10. The molecule has 3 aromatic rings. The second kappa shape index (κ2) is 6.89. The number of anilines is 1. The fourth-order valence-corrected chi connectivity index (χ4v) is 2.63. The van der Waals surface area contributed by atoms with Crippen molar-refractivity contribution in [3.8, 4) is 11.7 Å². The molecule has 1 N–H and O–H groups in total. The van der Waals surface area contributed by atoms with Crippen molar-refractivity contribution in [3.05, 3.63) is 47.7 Å². The van der Waals surface area contributed by atoms with Gasteiger partial charge in [0.2, 0.25) is 5.91 Å². The Hall–Kier alpha value is -2.25. The highest BCUT2D eigenvalue weighted by atomic mass is 35.5. The van der Waals surface area contributed by atoms with Crippen molar-refractivity contribution in [2.75, 3.05) is 5.32 Å². The Kier molecular flexibility index (Phi) is 4.68. The molecule has 0 aliphatic rings. The summed E-state index contributed by atoms with van der Waals surface area (Å²) < 4.78 is 10.6. The number of para-hydroxylation sites is 1. The highest BCUT2D eigenvalue weighted by Crippen LogP contribution is 2.27. The highest BCUT2D eigenvalue weighted by molar-refractivity contribution is 8.00. The van der Waals surface area contributed by atoms with E-state index in [2.05, 4.69) is 15.5 Å². The van der Waals surface area contributed by atoms with Gasteiger partial charge in [0, 0.05) is 0 Å². The van der Waals surface area contributed by atoms with Crippen molar-refractivity contribution in [2.24, 2.45) is 0 Å². The summed E-state index contributed by atoms with van der Waals surface area (Å²) >= 11 is 7.18. The van der Waals surface area contributed by atoms with E-state index < -0.39 is 5.25 Å². The molecule has 2 aromatic heterocycles. The van der Waals surface area contributed by atoms with E-state index in [1.165, 1.54) is 6.26 Å². The molecular formula is C15H12ClN3O3S. The Labute approximate surface area is 141 Å². The van der Waals surface area contributed by atoms with Gasteiger partial charge in [0.25, 0.3) is 11.1 Å². The van der Waals surface area contributed by atoms with E-state index in [0.29, 0.717) is 21.7 Å². The Bertz CT molecular complexity index is 804. The van der Waals surface area contributed by atoms with Gasteiger partial charge in [-0.2, -0.15) is 0 Å². The van der Waals surface area contributed by atoms with Crippen LogP contribution in [-0.4, -0.2) is 21.4 Å². The van der Waals surface area contributed by atoms with Crippen LogP contribution in [0.4, 0.5) is 5.69 Å². The number of amides is 1. The highest BCUT2D eigenvalue weighted by Gasteiger charge is 2.20. The Morgan fingerprint density at radius 2 is 2.09 bits per heavy atom. The Morgan fingerprint density at radius 3 is 2.83 bits per heavy atom. The topological polar surface area (TPSA) is 81.2 Å². The number of rotatable bonds is 5. The van der Waals surface area contributed by atoms with Crippen LogP contribution < -0.4 is 5.32 Å². The van der Waals surface area contributed by atoms with E-state index in [-0.39, 0.29) is 11.8 Å². The largest absolute Gasteiger partial charge is 0.459 e. The SMILES string of the molecule is CC(Sc1nnc(-c2ccco2)o1)C(=O)Nc1ccccc1Cl. The number of carbonyl (C=O) groups is 1. The molecular weight excluding hydrogens is 338 g/mol. The number of halogens is 1. The minimum atomic E-state index is -0.434. The van der Waals surface area contributed by atoms with Crippen LogP contribution in [0.1, 0.15) is 6.92 Å². The standard InChI is InChI=1S/C15H12ClN3O3S/c1-9(13(20)17-11-6-3-2-5-10(11)16)23-15-19-18-14(22-15)12-7-4-8-21-12/h2-9H,1H3,(H,17,20). The fourth-order valence-electron chi connectivity index (χ4n) is 1.76. The molecule has 1 atom stereocenters. The van der Waals surface area contributed by atoms with Crippen LogP contribution in [-0.2, 0) is 4.79 Å². The molecule has 2 heterocycles. The van der Waals surface area contributed by atoms with Gasteiger partial charge in [-0.3, -0.25) is 4.79 Å². The zero-order valence-corrected chi connectivity index (χ0v) is 13.6. The van der Waals surface area contributed by atoms with Gasteiger partial charge in [0.15, 0.2) is 5.76 Å². The van der Waals surface area contributed by atoms with Crippen LogP contribution in [0.2, 0.25) is 5.02 Å². The zero-order valence-electron chi connectivity index (χ0n) is 12.0. The monoisotopic (exact) mass is 349 g/mol. The van der Waals surface area contributed by atoms with Crippen molar-refractivity contribution in [3.63, 3.8) is 0 Å². The number of hydrogen-bond acceptors (Lipinski definition) is 6. The summed E-state index contributed by atoms with van der Waals surface area (Å²) in [6.07, 6.45) is 1.52. The fraction of sp³-hybridized carbons (Fsp3) is 0.133. The third kappa shape index (κ3) is 3.75. The molecule has 1 amide bonds. The summed E-state index contributed by atoms with van der Waals surface area (Å²) in [6.45, 7) is 1.74. The maximum absolute atomic E-state index is 12.2. The third-order valence-electron chi connectivity index (χ3n) is 2.92. The molecule has 0 saturated heterocycles. The van der Waals surface area contributed by atoms with Crippen LogP contribution in [0.25, 0.3) is 11.7 Å². The molecule has 1 aromatic carbocycles. The number of aromatic nitrogens is 2. The van der Waals surface area contributed by atoms with Gasteiger partial charge in [-0.1, -0.05) is 35.5 Å². The first-order chi connectivity index (χ1) is 11.1. The lowest BCUT2D eigenvalue weighted by Gasteiger charge is -2.10. The summed E-state index contributed by atoms with van der Waals surface area (Å²) in [7, 11) is 0. The molecule has 3 rings (SSSR count). The second-order valence-electron chi connectivity index (χ2n) is 4.58. The van der Waals surface area contributed by atoms with Crippen LogP contribution in [0.5, 0.6) is 0 Å². The lowest BCUT2D eigenvalue weighted by Crippen LogP contribution is -2.22. The summed E-state index contributed by atoms with van der Waals surface area (Å²) in [6, 6.07) is 10.5. The van der Waals surface area contributed by atoms with E-state index in [0.717, 1.165) is 11.8 Å². The van der Waals surface area contributed by atoms with Crippen molar-refractivity contribution in [1.82, 2.24) is 10.2 Å². The number of nitrogens with zero attached hydrogens (tertiary/aromatic N) is 2. The molecule has 0 radical (unpaired) electrons. The maximum Gasteiger partial charge on any atom is 0.284 e. The average Bonchev–Trinajstić information content (AvgIpc) is 3.20. The lowest BCUT2D eigenvalue weighted by atomic mass is 10.3. The minimum absolute atomic E-state index is 0.208. The molecule has 1 unspecified atom stereocenters. The second-order valence-corrected chi connectivity index (χ2v) is 6.28. The van der Waals surface area contributed by atoms with Gasteiger partial charge in [-0.25, -0.2) is 0 Å². The van der Waals surface area contributed by atoms with Gasteiger partial charge in [-0.15, -0.1) is 10.2 Å². The quantitative estimate of drug-likeness (QED) is 0.698. The number of benzene rings is 1. The smallest absolute Gasteiger partial charge is 0.284 e. The van der Waals surface area contributed by atoms with Crippen LogP contribution in [0.15, 0.2) is 56.7 Å². The van der Waals surface area contributed by atoms with Crippen LogP contribution in [0.3, 0.4) is 0 Å². The third-order valence-corrected chi connectivity index (χ3v) is 4.18. The van der Waals surface area contributed by atoms with Crippen molar-refractivity contribution < 1.29 is 13.6 Å². The van der Waals surface area contributed by atoms with Crippen LogP contribution >= 0.6 is 23.4 Å². The lowest BCUT2D eigenvalue weighted by molar-refractivity contribution is -0.115. The molecule has 0 spiro atoms. The van der Waals surface area contributed by atoms with Gasteiger partial charge in [0.05, 0.1) is 22.2 Å². The molecule has 118 valence electrons.